The van der Waals surface area contributed by atoms with Crippen LogP contribution in [0.25, 0.3) is 0 Å². The maximum Gasteiger partial charge on any atom is 0.311 e. The third kappa shape index (κ3) is 3.48. The van der Waals surface area contributed by atoms with E-state index in [0.29, 0.717) is 13.1 Å². The van der Waals surface area contributed by atoms with E-state index in [2.05, 4.69) is 15.3 Å². The number of nitro benzene ring substituents is 1. The molecule has 0 saturated carbocycles. The summed E-state index contributed by atoms with van der Waals surface area (Å²) in [5, 5.41) is 14.1. The number of aromatic nitrogens is 2. The molecule has 1 aromatic heterocycles. The Balaban J connectivity index is 1.99. The number of nitrogens with one attached hydrogen (secondary N) is 1. The fourth-order valence-electron chi connectivity index (χ4n) is 1.75. The molecule has 0 atom stereocenters. The van der Waals surface area contributed by atoms with E-state index >= 15 is 0 Å². The van der Waals surface area contributed by atoms with Crippen LogP contribution in [0.3, 0.4) is 0 Å². The molecular formula is C13H14N4O3. The zero-order chi connectivity index (χ0) is 14.4. The van der Waals surface area contributed by atoms with Gasteiger partial charge in [0.15, 0.2) is 5.75 Å². The molecule has 20 heavy (non-hydrogen) atoms. The van der Waals surface area contributed by atoms with Crippen LogP contribution in [0.2, 0.25) is 0 Å². The molecule has 0 aliphatic rings. The van der Waals surface area contributed by atoms with Gasteiger partial charge in [0.05, 0.1) is 17.7 Å². The molecule has 2 aromatic rings. The van der Waals surface area contributed by atoms with Crippen LogP contribution in [-0.2, 0) is 13.1 Å². The highest BCUT2D eigenvalue weighted by molar-refractivity contribution is 5.48. The summed E-state index contributed by atoms with van der Waals surface area (Å²) in [6, 6.07) is 6.70. The molecule has 0 fully saturated rings. The number of hydrogen-bond acceptors (Lipinski definition) is 6. The van der Waals surface area contributed by atoms with E-state index in [0.717, 1.165) is 11.3 Å². The topological polar surface area (TPSA) is 90.2 Å². The Hall–Kier alpha value is -2.54. The number of benzene rings is 1. The van der Waals surface area contributed by atoms with Gasteiger partial charge in [0.25, 0.3) is 0 Å². The Labute approximate surface area is 115 Å². The first-order valence-corrected chi connectivity index (χ1v) is 5.97. The molecule has 7 heteroatoms. The minimum Gasteiger partial charge on any atom is -0.490 e. The average Bonchev–Trinajstić information content (AvgIpc) is 2.48. The molecular weight excluding hydrogens is 260 g/mol. The molecule has 104 valence electrons. The van der Waals surface area contributed by atoms with Crippen LogP contribution in [0, 0.1) is 10.1 Å². The first kappa shape index (κ1) is 13.9. The molecule has 0 saturated heterocycles. The summed E-state index contributed by atoms with van der Waals surface area (Å²) in [5.74, 6) is 0.259. The lowest BCUT2D eigenvalue weighted by atomic mass is 10.2. The highest BCUT2D eigenvalue weighted by atomic mass is 16.6. The SMILES string of the molecule is COc1ccc(CNCc2ccncn2)cc1[N+](=O)[O-]. The van der Waals surface area contributed by atoms with Crippen molar-refractivity contribution in [2.45, 2.75) is 13.1 Å². The van der Waals surface area contributed by atoms with Gasteiger partial charge in [-0.2, -0.15) is 0 Å². The quantitative estimate of drug-likeness (QED) is 0.636. The number of nitro groups is 1. The van der Waals surface area contributed by atoms with Crippen molar-refractivity contribution in [3.05, 3.63) is 58.2 Å². The number of nitrogens with zero attached hydrogens (tertiary/aromatic N) is 3. The number of rotatable bonds is 6. The highest BCUT2D eigenvalue weighted by Crippen LogP contribution is 2.27. The van der Waals surface area contributed by atoms with Crippen molar-refractivity contribution in [3.63, 3.8) is 0 Å². The predicted octanol–water partition coefficient (Wildman–Crippen LogP) is 1.68. The molecule has 1 N–H and O–H groups in total. The zero-order valence-electron chi connectivity index (χ0n) is 10.9. The van der Waals surface area contributed by atoms with Gasteiger partial charge in [-0.15, -0.1) is 0 Å². The first-order valence-electron chi connectivity index (χ1n) is 5.97. The Kier molecular flexibility index (Phi) is 4.56. The molecule has 0 aliphatic heterocycles. The van der Waals surface area contributed by atoms with Crippen LogP contribution in [0.5, 0.6) is 5.75 Å². The van der Waals surface area contributed by atoms with E-state index in [1.807, 2.05) is 6.07 Å². The minimum absolute atomic E-state index is 0.0335. The van der Waals surface area contributed by atoms with Crippen molar-refractivity contribution in [2.75, 3.05) is 7.11 Å². The Morgan fingerprint density at radius 2 is 2.20 bits per heavy atom. The summed E-state index contributed by atoms with van der Waals surface area (Å²) in [6.07, 6.45) is 3.15. The predicted molar refractivity (Wildman–Crippen MR) is 72.2 cm³/mol. The molecule has 0 spiro atoms. The molecule has 7 nitrogen and oxygen atoms in total. The van der Waals surface area contributed by atoms with E-state index in [1.165, 1.54) is 19.5 Å². The lowest BCUT2D eigenvalue weighted by molar-refractivity contribution is -0.385. The van der Waals surface area contributed by atoms with Crippen molar-refractivity contribution in [1.82, 2.24) is 15.3 Å². The minimum atomic E-state index is -0.452. The second-order valence-electron chi connectivity index (χ2n) is 4.07. The summed E-state index contributed by atoms with van der Waals surface area (Å²) < 4.78 is 4.96. The van der Waals surface area contributed by atoms with Crippen molar-refractivity contribution >= 4 is 5.69 Å². The van der Waals surface area contributed by atoms with Gasteiger partial charge in [0.2, 0.25) is 0 Å². The van der Waals surface area contributed by atoms with Crippen LogP contribution in [0.1, 0.15) is 11.3 Å². The largest absolute Gasteiger partial charge is 0.490 e. The summed E-state index contributed by atoms with van der Waals surface area (Å²) in [4.78, 5) is 18.4. The Bertz CT molecular complexity index is 589. The molecule has 0 aliphatic carbocycles. The number of ether oxygens (including phenoxy) is 1. The summed E-state index contributed by atoms with van der Waals surface area (Å²) in [7, 11) is 1.41. The van der Waals surface area contributed by atoms with Crippen LogP contribution in [-0.4, -0.2) is 22.0 Å². The van der Waals surface area contributed by atoms with Crippen molar-refractivity contribution in [3.8, 4) is 5.75 Å². The molecule has 0 radical (unpaired) electrons. The van der Waals surface area contributed by atoms with Gasteiger partial charge >= 0.3 is 5.69 Å². The van der Waals surface area contributed by atoms with Gasteiger partial charge < -0.3 is 10.1 Å². The van der Waals surface area contributed by atoms with Gasteiger partial charge in [-0.05, 0) is 17.7 Å². The van der Waals surface area contributed by atoms with E-state index in [-0.39, 0.29) is 11.4 Å². The number of hydrogen-bond donors (Lipinski definition) is 1. The van der Waals surface area contributed by atoms with E-state index < -0.39 is 4.92 Å². The third-order valence-electron chi connectivity index (χ3n) is 2.72. The van der Waals surface area contributed by atoms with E-state index in [4.69, 9.17) is 4.74 Å². The second kappa shape index (κ2) is 6.58. The average molecular weight is 274 g/mol. The maximum atomic E-state index is 10.9. The summed E-state index contributed by atoms with van der Waals surface area (Å²) >= 11 is 0. The lowest BCUT2D eigenvalue weighted by Crippen LogP contribution is -2.13. The lowest BCUT2D eigenvalue weighted by Gasteiger charge is -2.06. The fourth-order valence-corrected chi connectivity index (χ4v) is 1.75. The Morgan fingerprint density at radius 1 is 1.35 bits per heavy atom. The Morgan fingerprint density at radius 3 is 2.85 bits per heavy atom. The fraction of sp³-hybridized carbons (Fsp3) is 0.231. The summed E-state index contributed by atoms with van der Waals surface area (Å²) in [6.45, 7) is 1.08. The van der Waals surface area contributed by atoms with Crippen LogP contribution in [0.15, 0.2) is 36.8 Å². The van der Waals surface area contributed by atoms with Crippen molar-refractivity contribution in [1.29, 1.82) is 0 Å². The van der Waals surface area contributed by atoms with Gasteiger partial charge in [-0.1, -0.05) is 6.07 Å². The van der Waals surface area contributed by atoms with Crippen LogP contribution >= 0.6 is 0 Å². The molecule has 1 aromatic carbocycles. The number of methoxy groups -OCH3 is 1. The van der Waals surface area contributed by atoms with Crippen LogP contribution < -0.4 is 10.1 Å². The molecule has 0 bridgehead atoms. The highest BCUT2D eigenvalue weighted by Gasteiger charge is 2.14. The van der Waals surface area contributed by atoms with Crippen LogP contribution in [0.4, 0.5) is 5.69 Å². The molecule has 0 unspecified atom stereocenters. The van der Waals surface area contributed by atoms with Gasteiger partial charge in [0.1, 0.15) is 6.33 Å². The maximum absolute atomic E-state index is 10.9. The van der Waals surface area contributed by atoms with Crippen molar-refractivity contribution < 1.29 is 9.66 Å². The second-order valence-corrected chi connectivity index (χ2v) is 4.07. The van der Waals surface area contributed by atoms with Gasteiger partial charge in [-0.3, -0.25) is 10.1 Å². The zero-order valence-corrected chi connectivity index (χ0v) is 10.9. The van der Waals surface area contributed by atoms with Gasteiger partial charge in [-0.25, -0.2) is 9.97 Å². The third-order valence-corrected chi connectivity index (χ3v) is 2.72. The molecule has 1 heterocycles. The van der Waals surface area contributed by atoms with E-state index in [9.17, 15) is 10.1 Å². The normalized spacial score (nSPS) is 10.2. The van der Waals surface area contributed by atoms with Gasteiger partial charge in [0, 0.05) is 25.4 Å². The smallest absolute Gasteiger partial charge is 0.311 e. The van der Waals surface area contributed by atoms with Crippen molar-refractivity contribution in [2.24, 2.45) is 0 Å². The summed E-state index contributed by atoms with van der Waals surface area (Å²) in [5.41, 5.74) is 1.64. The molecule has 2 rings (SSSR count). The standard InChI is InChI=1S/C13H14N4O3/c1-20-13-3-2-10(6-12(13)17(18)19)7-15-8-11-4-5-14-9-16-11/h2-6,9,15H,7-8H2,1H3. The monoisotopic (exact) mass is 274 g/mol. The first-order chi connectivity index (χ1) is 9.70. The molecule has 0 amide bonds. The van der Waals surface area contributed by atoms with E-state index in [1.54, 1.807) is 18.3 Å².